The predicted molar refractivity (Wildman–Crippen MR) is 94.4 cm³/mol. The average Bonchev–Trinajstić information content (AvgIpc) is 2.91. The van der Waals surface area contributed by atoms with E-state index in [1.165, 1.54) is 0 Å². The van der Waals surface area contributed by atoms with Crippen LogP contribution in [0.15, 0.2) is 48.5 Å². The van der Waals surface area contributed by atoms with Crippen molar-refractivity contribution < 1.29 is 24.2 Å². The molecule has 26 heavy (non-hydrogen) atoms. The number of carbonyl (C=O) groups is 3. The number of aliphatic hydroxyl groups excluding tert-OH is 1. The first kappa shape index (κ1) is 17.8. The zero-order valence-electron chi connectivity index (χ0n) is 14.3. The van der Waals surface area contributed by atoms with Gasteiger partial charge in [0.05, 0.1) is 17.7 Å². The van der Waals surface area contributed by atoms with Crippen molar-refractivity contribution in [3.05, 3.63) is 65.2 Å². The number of rotatable bonds is 7. The van der Waals surface area contributed by atoms with Crippen LogP contribution in [0.1, 0.15) is 44.4 Å². The lowest BCUT2D eigenvalue weighted by Gasteiger charge is -2.19. The number of ether oxygens (including phenoxy) is 1. The monoisotopic (exact) mass is 353 g/mol. The Bertz CT molecular complexity index is 809. The van der Waals surface area contributed by atoms with Crippen molar-refractivity contribution >= 4 is 17.6 Å². The highest BCUT2D eigenvalue weighted by Crippen LogP contribution is 2.22. The van der Waals surface area contributed by atoms with Gasteiger partial charge < -0.3 is 9.84 Å². The third-order valence-electron chi connectivity index (χ3n) is 4.21. The number of ketones is 1. The molecule has 1 unspecified atom stereocenters. The van der Waals surface area contributed by atoms with Crippen LogP contribution in [0, 0.1) is 0 Å². The van der Waals surface area contributed by atoms with Crippen LogP contribution in [0.5, 0.6) is 5.75 Å². The minimum atomic E-state index is -1.02. The number of amides is 2. The van der Waals surface area contributed by atoms with E-state index in [1.807, 2.05) is 0 Å². The first-order valence-electron chi connectivity index (χ1n) is 8.40. The van der Waals surface area contributed by atoms with E-state index in [-0.39, 0.29) is 18.9 Å². The lowest BCUT2D eigenvalue weighted by Crippen LogP contribution is -2.39. The number of hydrogen-bond donors (Lipinski definition) is 1. The van der Waals surface area contributed by atoms with Crippen molar-refractivity contribution in [1.82, 2.24) is 4.90 Å². The molecular weight excluding hydrogens is 334 g/mol. The Kier molecular flexibility index (Phi) is 5.14. The second-order valence-corrected chi connectivity index (χ2v) is 6.03. The van der Waals surface area contributed by atoms with Crippen LogP contribution in [-0.4, -0.2) is 46.9 Å². The van der Waals surface area contributed by atoms with Gasteiger partial charge in [0.1, 0.15) is 18.5 Å². The third-order valence-corrected chi connectivity index (χ3v) is 4.21. The molecule has 0 aromatic heterocycles. The number of carbonyl (C=O) groups excluding carboxylic acids is 3. The fourth-order valence-corrected chi connectivity index (χ4v) is 2.80. The third kappa shape index (κ3) is 3.50. The zero-order chi connectivity index (χ0) is 18.7. The van der Waals surface area contributed by atoms with Crippen LogP contribution in [0.25, 0.3) is 0 Å². The highest BCUT2D eigenvalue weighted by atomic mass is 16.5. The van der Waals surface area contributed by atoms with Crippen LogP contribution < -0.4 is 4.74 Å². The Balaban J connectivity index is 1.57. The molecule has 0 saturated carbocycles. The summed E-state index contributed by atoms with van der Waals surface area (Å²) in [7, 11) is 0. The van der Waals surface area contributed by atoms with Gasteiger partial charge in [0.2, 0.25) is 0 Å². The largest absolute Gasteiger partial charge is 0.491 e. The van der Waals surface area contributed by atoms with E-state index in [2.05, 4.69) is 0 Å². The van der Waals surface area contributed by atoms with E-state index in [1.54, 1.807) is 55.5 Å². The molecule has 1 aliphatic rings. The molecule has 2 amide bonds. The van der Waals surface area contributed by atoms with Gasteiger partial charge in [0.15, 0.2) is 5.78 Å². The first-order chi connectivity index (χ1) is 12.5. The topological polar surface area (TPSA) is 83.9 Å². The molecule has 3 rings (SSSR count). The number of nitrogens with zero attached hydrogens (tertiary/aromatic N) is 1. The number of fused-ring (bicyclic) bond motifs is 1. The van der Waals surface area contributed by atoms with Crippen LogP contribution in [-0.2, 0) is 0 Å². The van der Waals surface area contributed by atoms with Gasteiger partial charge in [-0.3, -0.25) is 19.3 Å². The van der Waals surface area contributed by atoms with E-state index in [4.69, 9.17) is 4.74 Å². The Labute approximate surface area is 151 Å². The molecule has 1 atom stereocenters. The quantitative estimate of drug-likeness (QED) is 0.610. The number of aliphatic hydroxyl groups is 1. The highest BCUT2D eigenvalue weighted by Gasteiger charge is 2.36. The Morgan fingerprint density at radius 1 is 1.04 bits per heavy atom. The molecule has 0 aliphatic carbocycles. The van der Waals surface area contributed by atoms with Crippen molar-refractivity contribution in [2.75, 3.05) is 13.2 Å². The maximum Gasteiger partial charge on any atom is 0.261 e. The second-order valence-electron chi connectivity index (χ2n) is 6.03. The van der Waals surface area contributed by atoms with Gasteiger partial charge in [-0.15, -0.1) is 0 Å². The number of β-amino-alcohol motifs (C(OH)–C–C–N with tert-alkyl or cyclic N) is 1. The zero-order valence-corrected chi connectivity index (χ0v) is 14.3. The van der Waals surface area contributed by atoms with E-state index in [0.717, 1.165) is 4.90 Å². The van der Waals surface area contributed by atoms with E-state index < -0.39 is 17.9 Å². The summed E-state index contributed by atoms with van der Waals surface area (Å²) in [6.07, 6.45) is -0.590. The van der Waals surface area contributed by atoms with Gasteiger partial charge in [0, 0.05) is 12.0 Å². The fourth-order valence-electron chi connectivity index (χ4n) is 2.80. The molecule has 134 valence electrons. The minimum absolute atomic E-state index is 0.0437. The van der Waals surface area contributed by atoms with Gasteiger partial charge in [-0.2, -0.15) is 0 Å². The average molecular weight is 353 g/mol. The number of hydrogen-bond acceptors (Lipinski definition) is 5. The first-order valence-corrected chi connectivity index (χ1v) is 8.40. The molecule has 2 aromatic rings. The standard InChI is InChI=1S/C20H19NO5/c1-2-18(23)13-7-9-15(10-8-13)26-12-14(22)11-21-19(24)16-5-3-4-6-17(16)20(21)25/h3-10,14,22H,2,11-12H2,1H3. The van der Waals surface area contributed by atoms with Crippen LogP contribution >= 0.6 is 0 Å². The fraction of sp³-hybridized carbons (Fsp3) is 0.250. The lowest BCUT2D eigenvalue weighted by atomic mass is 10.1. The molecule has 0 spiro atoms. The summed E-state index contributed by atoms with van der Waals surface area (Å²) in [4.78, 5) is 37.2. The van der Waals surface area contributed by atoms with Gasteiger partial charge in [-0.05, 0) is 36.4 Å². The van der Waals surface area contributed by atoms with Crippen LogP contribution in [0.2, 0.25) is 0 Å². The van der Waals surface area contributed by atoms with Crippen LogP contribution in [0.4, 0.5) is 0 Å². The summed E-state index contributed by atoms with van der Waals surface area (Å²) in [5.41, 5.74) is 1.30. The number of Topliss-reactive ketones (excluding diaryl/α,β-unsaturated/α-hetero) is 1. The molecule has 1 N–H and O–H groups in total. The van der Waals surface area contributed by atoms with E-state index in [0.29, 0.717) is 28.9 Å². The molecule has 0 bridgehead atoms. The molecule has 0 radical (unpaired) electrons. The molecule has 0 fully saturated rings. The summed E-state index contributed by atoms with van der Waals surface area (Å²) in [5, 5.41) is 10.1. The summed E-state index contributed by atoms with van der Waals surface area (Å²) in [6.45, 7) is 1.58. The smallest absolute Gasteiger partial charge is 0.261 e. The number of benzene rings is 2. The SMILES string of the molecule is CCC(=O)c1ccc(OCC(O)CN2C(=O)c3ccccc3C2=O)cc1. The summed E-state index contributed by atoms with van der Waals surface area (Å²) in [5.74, 6) is -0.277. The van der Waals surface area contributed by atoms with Gasteiger partial charge >= 0.3 is 0 Å². The summed E-state index contributed by atoms with van der Waals surface area (Å²) in [6, 6.07) is 13.2. The summed E-state index contributed by atoms with van der Waals surface area (Å²) < 4.78 is 5.48. The molecule has 2 aromatic carbocycles. The maximum atomic E-state index is 12.3. The lowest BCUT2D eigenvalue weighted by molar-refractivity contribution is 0.0457. The molecule has 0 saturated heterocycles. The van der Waals surface area contributed by atoms with Gasteiger partial charge in [-0.1, -0.05) is 19.1 Å². The predicted octanol–water partition coefficient (Wildman–Crippen LogP) is 2.32. The van der Waals surface area contributed by atoms with Crippen LogP contribution in [0.3, 0.4) is 0 Å². The van der Waals surface area contributed by atoms with E-state index in [9.17, 15) is 19.5 Å². The second kappa shape index (κ2) is 7.49. The minimum Gasteiger partial charge on any atom is -0.491 e. The molecular formula is C20H19NO5. The molecule has 6 heteroatoms. The molecule has 6 nitrogen and oxygen atoms in total. The molecule has 1 aliphatic heterocycles. The van der Waals surface area contributed by atoms with Gasteiger partial charge in [-0.25, -0.2) is 0 Å². The highest BCUT2D eigenvalue weighted by molar-refractivity contribution is 6.21. The molecule has 1 heterocycles. The van der Waals surface area contributed by atoms with E-state index >= 15 is 0 Å². The van der Waals surface area contributed by atoms with Crippen molar-refractivity contribution in [2.24, 2.45) is 0 Å². The Morgan fingerprint density at radius 3 is 2.15 bits per heavy atom. The normalized spacial score (nSPS) is 14.3. The maximum absolute atomic E-state index is 12.3. The van der Waals surface area contributed by atoms with Crippen molar-refractivity contribution in [2.45, 2.75) is 19.4 Å². The Morgan fingerprint density at radius 2 is 1.62 bits per heavy atom. The van der Waals surface area contributed by atoms with Gasteiger partial charge in [0.25, 0.3) is 11.8 Å². The van der Waals surface area contributed by atoms with Crippen molar-refractivity contribution in [1.29, 1.82) is 0 Å². The summed E-state index contributed by atoms with van der Waals surface area (Å²) >= 11 is 0. The van der Waals surface area contributed by atoms with Crippen molar-refractivity contribution in [3.63, 3.8) is 0 Å². The Hall–Kier alpha value is -2.99. The number of imide groups is 1. The van der Waals surface area contributed by atoms with Crippen molar-refractivity contribution in [3.8, 4) is 5.75 Å².